The van der Waals surface area contributed by atoms with Crippen molar-refractivity contribution in [3.8, 4) is 0 Å². The molecule has 3 aromatic rings. The molecule has 0 saturated heterocycles. The lowest BCUT2D eigenvalue weighted by Crippen LogP contribution is -2.13. The van der Waals surface area contributed by atoms with E-state index in [9.17, 15) is 0 Å². The molecule has 0 aliphatic heterocycles. The van der Waals surface area contributed by atoms with Gasteiger partial charge in [-0.3, -0.25) is 9.97 Å². The van der Waals surface area contributed by atoms with E-state index < -0.39 is 0 Å². The molecule has 1 atom stereocenters. The van der Waals surface area contributed by atoms with Gasteiger partial charge in [0, 0.05) is 35.9 Å². The molecule has 0 amide bonds. The molecule has 5 heteroatoms. The predicted molar refractivity (Wildman–Crippen MR) is 67.6 cm³/mol. The highest BCUT2D eigenvalue weighted by molar-refractivity contribution is 5.78. The van der Waals surface area contributed by atoms with Crippen LogP contribution in [0.15, 0.2) is 49.3 Å². The number of rotatable bonds is 2. The fourth-order valence-electron chi connectivity index (χ4n) is 1.92. The first-order chi connectivity index (χ1) is 8.86. The Hall–Kier alpha value is -2.40. The molecule has 0 radical (unpaired) electrons. The second-order valence-electron chi connectivity index (χ2n) is 3.92. The third-order valence-electron chi connectivity index (χ3n) is 2.80. The van der Waals surface area contributed by atoms with Crippen LogP contribution in [0, 0.1) is 0 Å². The van der Waals surface area contributed by atoms with E-state index in [2.05, 4.69) is 19.9 Å². The van der Waals surface area contributed by atoms with Crippen LogP contribution in [0.4, 0.5) is 0 Å². The van der Waals surface area contributed by atoms with E-state index in [-0.39, 0.29) is 6.04 Å². The van der Waals surface area contributed by atoms with Crippen LogP contribution in [-0.4, -0.2) is 19.9 Å². The van der Waals surface area contributed by atoms with Gasteiger partial charge in [-0.15, -0.1) is 0 Å². The van der Waals surface area contributed by atoms with Gasteiger partial charge in [-0.25, -0.2) is 9.97 Å². The van der Waals surface area contributed by atoms with Gasteiger partial charge in [-0.2, -0.15) is 0 Å². The van der Waals surface area contributed by atoms with E-state index in [1.54, 1.807) is 24.8 Å². The Morgan fingerprint density at radius 2 is 1.78 bits per heavy atom. The fraction of sp³-hybridized carbons (Fsp3) is 0.0769. The molecule has 88 valence electrons. The maximum Gasteiger partial charge on any atom is 0.115 e. The van der Waals surface area contributed by atoms with Crippen LogP contribution in [0.2, 0.25) is 0 Å². The molecule has 0 bridgehead atoms. The van der Waals surface area contributed by atoms with E-state index >= 15 is 0 Å². The van der Waals surface area contributed by atoms with Gasteiger partial charge in [-0.05, 0) is 6.07 Å². The standard InChI is InChI=1S/C13H11N5/c14-12(9-6-15-8-16-7-9)10-2-1-3-11-13(10)18-5-4-17-11/h1-8,12H,14H2. The van der Waals surface area contributed by atoms with Gasteiger partial charge >= 0.3 is 0 Å². The third-order valence-corrected chi connectivity index (χ3v) is 2.80. The Morgan fingerprint density at radius 1 is 1.00 bits per heavy atom. The van der Waals surface area contributed by atoms with Crippen LogP contribution in [0.5, 0.6) is 0 Å². The van der Waals surface area contributed by atoms with Crippen molar-refractivity contribution in [3.63, 3.8) is 0 Å². The van der Waals surface area contributed by atoms with Crippen molar-refractivity contribution < 1.29 is 0 Å². The first-order valence-corrected chi connectivity index (χ1v) is 5.56. The molecular weight excluding hydrogens is 226 g/mol. The van der Waals surface area contributed by atoms with Crippen molar-refractivity contribution >= 4 is 11.0 Å². The second kappa shape index (κ2) is 4.46. The molecule has 0 saturated carbocycles. The molecule has 2 heterocycles. The molecule has 0 aliphatic carbocycles. The van der Waals surface area contributed by atoms with Crippen LogP contribution in [0.1, 0.15) is 17.2 Å². The first kappa shape index (κ1) is 10.7. The van der Waals surface area contributed by atoms with Crippen molar-refractivity contribution in [1.82, 2.24) is 19.9 Å². The highest BCUT2D eigenvalue weighted by atomic mass is 14.8. The Bertz CT molecular complexity index is 663. The normalized spacial score (nSPS) is 12.5. The summed E-state index contributed by atoms with van der Waals surface area (Å²) < 4.78 is 0. The number of hydrogen-bond acceptors (Lipinski definition) is 5. The van der Waals surface area contributed by atoms with Crippen molar-refractivity contribution in [2.24, 2.45) is 5.73 Å². The number of aromatic nitrogens is 4. The summed E-state index contributed by atoms with van der Waals surface area (Å²) in [6.07, 6.45) is 8.25. The summed E-state index contributed by atoms with van der Waals surface area (Å²) in [6.45, 7) is 0. The maximum absolute atomic E-state index is 6.23. The molecular formula is C13H11N5. The Labute approximate surface area is 104 Å². The predicted octanol–water partition coefficient (Wildman–Crippen LogP) is 1.47. The van der Waals surface area contributed by atoms with Gasteiger partial charge in [-0.1, -0.05) is 12.1 Å². The zero-order valence-electron chi connectivity index (χ0n) is 9.56. The minimum absolute atomic E-state index is 0.299. The lowest BCUT2D eigenvalue weighted by molar-refractivity contribution is 0.855. The van der Waals surface area contributed by atoms with Gasteiger partial charge in [0.2, 0.25) is 0 Å². The summed E-state index contributed by atoms with van der Waals surface area (Å²) in [5.41, 5.74) is 9.67. The summed E-state index contributed by atoms with van der Waals surface area (Å²) in [4.78, 5) is 16.6. The highest BCUT2D eigenvalue weighted by Gasteiger charge is 2.13. The quantitative estimate of drug-likeness (QED) is 0.730. The van der Waals surface area contributed by atoms with Crippen molar-refractivity contribution in [2.45, 2.75) is 6.04 Å². The van der Waals surface area contributed by atoms with Crippen LogP contribution in [0.25, 0.3) is 11.0 Å². The van der Waals surface area contributed by atoms with Gasteiger partial charge in [0.1, 0.15) is 6.33 Å². The Morgan fingerprint density at radius 3 is 2.61 bits per heavy atom. The number of fused-ring (bicyclic) bond motifs is 1. The summed E-state index contributed by atoms with van der Waals surface area (Å²) in [5.74, 6) is 0. The fourth-order valence-corrected chi connectivity index (χ4v) is 1.92. The lowest BCUT2D eigenvalue weighted by Gasteiger charge is -2.13. The van der Waals surface area contributed by atoms with Crippen LogP contribution in [0.3, 0.4) is 0 Å². The summed E-state index contributed by atoms with van der Waals surface area (Å²) in [5, 5.41) is 0. The molecule has 0 fully saturated rings. The van der Waals surface area contributed by atoms with Gasteiger partial charge in [0.15, 0.2) is 0 Å². The summed E-state index contributed by atoms with van der Waals surface area (Å²) in [7, 11) is 0. The zero-order valence-corrected chi connectivity index (χ0v) is 9.56. The maximum atomic E-state index is 6.23. The van der Waals surface area contributed by atoms with Crippen molar-refractivity contribution in [2.75, 3.05) is 0 Å². The number of nitrogens with zero attached hydrogens (tertiary/aromatic N) is 4. The van der Waals surface area contributed by atoms with E-state index in [1.807, 2.05) is 18.2 Å². The van der Waals surface area contributed by atoms with Gasteiger partial charge < -0.3 is 5.73 Å². The summed E-state index contributed by atoms with van der Waals surface area (Å²) in [6, 6.07) is 5.50. The molecule has 0 spiro atoms. The van der Waals surface area contributed by atoms with E-state index in [0.29, 0.717) is 0 Å². The zero-order chi connectivity index (χ0) is 12.4. The summed E-state index contributed by atoms with van der Waals surface area (Å²) >= 11 is 0. The molecule has 3 rings (SSSR count). The van der Waals surface area contributed by atoms with Crippen LogP contribution < -0.4 is 5.73 Å². The van der Waals surface area contributed by atoms with Gasteiger partial charge in [0.05, 0.1) is 17.1 Å². The van der Waals surface area contributed by atoms with Crippen molar-refractivity contribution in [3.05, 3.63) is 60.4 Å². The van der Waals surface area contributed by atoms with Gasteiger partial charge in [0.25, 0.3) is 0 Å². The monoisotopic (exact) mass is 237 g/mol. The highest BCUT2D eigenvalue weighted by Crippen LogP contribution is 2.23. The number of benzene rings is 1. The van der Waals surface area contributed by atoms with E-state index in [1.165, 1.54) is 6.33 Å². The number of para-hydroxylation sites is 1. The average molecular weight is 237 g/mol. The van der Waals surface area contributed by atoms with E-state index in [4.69, 9.17) is 5.73 Å². The lowest BCUT2D eigenvalue weighted by atomic mass is 10.0. The molecule has 2 N–H and O–H groups in total. The number of nitrogens with two attached hydrogens (primary N) is 1. The van der Waals surface area contributed by atoms with Crippen LogP contribution >= 0.6 is 0 Å². The Kier molecular flexibility index (Phi) is 2.66. The smallest absolute Gasteiger partial charge is 0.115 e. The first-order valence-electron chi connectivity index (χ1n) is 5.56. The minimum Gasteiger partial charge on any atom is -0.320 e. The topological polar surface area (TPSA) is 77.6 Å². The molecule has 1 unspecified atom stereocenters. The largest absolute Gasteiger partial charge is 0.320 e. The molecule has 18 heavy (non-hydrogen) atoms. The second-order valence-corrected chi connectivity index (χ2v) is 3.92. The van der Waals surface area contributed by atoms with Crippen LogP contribution in [-0.2, 0) is 0 Å². The third kappa shape index (κ3) is 1.80. The SMILES string of the molecule is NC(c1cncnc1)c1cccc2nccnc12. The van der Waals surface area contributed by atoms with Crippen molar-refractivity contribution in [1.29, 1.82) is 0 Å². The molecule has 0 aliphatic rings. The average Bonchev–Trinajstić information content (AvgIpc) is 2.47. The molecule has 5 nitrogen and oxygen atoms in total. The molecule has 2 aromatic heterocycles. The Balaban J connectivity index is 2.15. The molecule has 1 aromatic carbocycles. The number of hydrogen-bond donors (Lipinski definition) is 1. The van der Waals surface area contributed by atoms with E-state index in [0.717, 1.165) is 22.2 Å². The minimum atomic E-state index is -0.299.